The van der Waals surface area contributed by atoms with Gasteiger partial charge in [-0.15, -0.1) is 0 Å². The molecule has 0 bridgehead atoms. The van der Waals surface area contributed by atoms with Gasteiger partial charge < -0.3 is 16.0 Å². The lowest BCUT2D eigenvalue weighted by atomic mass is 10.2. The van der Waals surface area contributed by atoms with Gasteiger partial charge in [-0.3, -0.25) is 14.4 Å². The Morgan fingerprint density at radius 2 is 1.40 bits per heavy atom. The van der Waals surface area contributed by atoms with E-state index in [1.807, 2.05) is 5.32 Å². The van der Waals surface area contributed by atoms with Crippen molar-refractivity contribution in [1.29, 1.82) is 0 Å². The summed E-state index contributed by atoms with van der Waals surface area (Å²) >= 11 is 0. The van der Waals surface area contributed by atoms with Crippen LogP contribution in [0.3, 0.4) is 0 Å². The number of halogens is 3. The van der Waals surface area contributed by atoms with E-state index in [1.54, 1.807) is 6.07 Å². The molecule has 0 aliphatic rings. The minimum absolute atomic E-state index is 0.192. The average molecular weight is 351 g/mol. The molecule has 0 radical (unpaired) electrons. The van der Waals surface area contributed by atoms with E-state index in [9.17, 15) is 27.6 Å². The summed E-state index contributed by atoms with van der Waals surface area (Å²) in [5.41, 5.74) is -0.0967. The Hall–Kier alpha value is -3.36. The topological polar surface area (TPSA) is 87.3 Å². The molecule has 0 spiro atoms. The number of carbonyl (C=O) groups is 3. The molecule has 2 aromatic carbocycles. The molecule has 0 aromatic heterocycles. The minimum atomic E-state index is -1.76. The number of hydrogen-bond donors (Lipinski definition) is 3. The fourth-order valence-electron chi connectivity index (χ4n) is 1.87. The van der Waals surface area contributed by atoms with Crippen molar-refractivity contribution in [2.75, 3.05) is 16.0 Å². The van der Waals surface area contributed by atoms with Gasteiger partial charge >= 0.3 is 11.8 Å². The molecule has 0 aliphatic heterocycles. The van der Waals surface area contributed by atoms with E-state index in [-0.39, 0.29) is 11.6 Å². The first-order valence-electron chi connectivity index (χ1n) is 6.91. The number of carbonyl (C=O) groups excluding carboxylic acids is 3. The second-order valence-corrected chi connectivity index (χ2v) is 4.89. The van der Waals surface area contributed by atoms with Crippen molar-refractivity contribution in [3.63, 3.8) is 0 Å². The highest BCUT2D eigenvalue weighted by Crippen LogP contribution is 2.20. The number of hydrogen-bond acceptors (Lipinski definition) is 3. The van der Waals surface area contributed by atoms with Gasteiger partial charge in [0.2, 0.25) is 5.91 Å². The van der Waals surface area contributed by atoms with Gasteiger partial charge in [0.15, 0.2) is 17.5 Å². The van der Waals surface area contributed by atoms with Crippen molar-refractivity contribution in [2.45, 2.75) is 6.92 Å². The SMILES string of the molecule is CC(=O)Nc1cccc(NC(=O)C(=O)Nc2ccc(F)c(F)c2F)c1. The average Bonchev–Trinajstić information content (AvgIpc) is 2.55. The molecule has 2 aromatic rings. The van der Waals surface area contributed by atoms with E-state index in [0.29, 0.717) is 11.8 Å². The molecular formula is C16H12F3N3O3. The number of nitrogens with one attached hydrogen (secondary N) is 3. The molecular weight excluding hydrogens is 339 g/mol. The van der Waals surface area contributed by atoms with Crippen molar-refractivity contribution < 1.29 is 27.6 Å². The van der Waals surface area contributed by atoms with Crippen LogP contribution in [0.15, 0.2) is 36.4 Å². The summed E-state index contributed by atoms with van der Waals surface area (Å²) in [6, 6.07) is 7.33. The fraction of sp³-hybridized carbons (Fsp3) is 0.0625. The monoisotopic (exact) mass is 351 g/mol. The van der Waals surface area contributed by atoms with E-state index in [4.69, 9.17) is 0 Å². The maximum Gasteiger partial charge on any atom is 0.314 e. The van der Waals surface area contributed by atoms with Gasteiger partial charge in [0.1, 0.15) is 0 Å². The van der Waals surface area contributed by atoms with Crippen LogP contribution < -0.4 is 16.0 Å². The van der Waals surface area contributed by atoms with E-state index < -0.39 is 35.0 Å². The van der Waals surface area contributed by atoms with Crippen molar-refractivity contribution in [1.82, 2.24) is 0 Å². The zero-order valence-corrected chi connectivity index (χ0v) is 12.8. The summed E-state index contributed by atoms with van der Waals surface area (Å²) in [5, 5.41) is 6.56. The first-order valence-corrected chi connectivity index (χ1v) is 6.91. The lowest BCUT2D eigenvalue weighted by Gasteiger charge is -2.09. The van der Waals surface area contributed by atoms with E-state index >= 15 is 0 Å². The van der Waals surface area contributed by atoms with Gasteiger partial charge in [0.25, 0.3) is 0 Å². The van der Waals surface area contributed by atoms with Crippen LogP contribution in [0, 0.1) is 17.5 Å². The second-order valence-electron chi connectivity index (χ2n) is 4.89. The highest BCUT2D eigenvalue weighted by Gasteiger charge is 2.19. The van der Waals surface area contributed by atoms with Crippen molar-refractivity contribution in [3.05, 3.63) is 53.8 Å². The maximum atomic E-state index is 13.5. The van der Waals surface area contributed by atoms with E-state index in [2.05, 4.69) is 10.6 Å². The lowest BCUT2D eigenvalue weighted by Crippen LogP contribution is -2.29. The molecule has 0 heterocycles. The lowest BCUT2D eigenvalue weighted by molar-refractivity contribution is -0.133. The Morgan fingerprint density at radius 1 is 0.800 bits per heavy atom. The third-order valence-corrected chi connectivity index (χ3v) is 2.93. The van der Waals surface area contributed by atoms with Crippen molar-refractivity contribution >= 4 is 34.8 Å². The second kappa shape index (κ2) is 7.47. The number of anilines is 3. The fourth-order valence-corrected chi connectivity index (χ4v) is 1.87. The Bertz CT molecular complexity index is 856. The first kappa shape index (κ1) is 18.0. The van der Waals surface area contributed by atoms with Gasteiger partial charge in [0, 0.05) is 18.3 Å². The number of rotatable bonds is 3. The summed E-state index contributed by atoms with van der Waals surface area (Å²) in [5.74, 6) is -7.57. The van der Waals surface area contributed by atoms with Crippen molar-refractivity contribution in [3.8, 4) is 0 Å². The Labute approximate surface area is 140 Å². The van der Waals surface area contributed by atoms with Crippen LogP contribution in [0.5, 0.6) is 0 Å². The van der Waals surface area contributed by atoms with Gasteiger partial charge in [-0.1, -0.05) is 6.07 Å². The summed E-state index contributed by atoms with van der Waals surface area (Å²) in [6.45, 7) is 1.30. The normalized spacial score (nSPS) is 10.1. The Morgan fingerprint density at radius 3 is 2.04 bits per heavy atom. The molecule has 0 atom stereocenters. The third kappa shape index (κ3) is 4.56. The molecule has 3 N–H and O–H groups in total. The molecule has 0 aliphatic carbocycles. The largest absolute Gasteiger partial charge is 0.326 e. The van der Waals surface area contributed by atoms with Crippen LogP contribution in [-0.4, -0.2) is 17.7 Å². The highest BCUT2D eigenvalue weighted by atomic mass is 19.2. The highest BCUT2D eigenvalue weighted by molar-refractivity contribution is 6.43. The molecule has 0 saturated heterocycles. The molecule has 3 amide bonds. The van der Waals surface area contributed by atoms with Crippen LogP contribution >= 0.6 is 0 Å². The molecule has 2 rings (SSSR count). The standard InChI is InChI=1S/C16H12F3N3O3/c1-8(23)20-9-3-2-4-10(7-9)21-15(24)16(25)22-12-6-5-11(17)13(18)14(12)19/h2-7H,1H3,(H,20,23)(H,21,24)(H,22,25). The Balaban J connectivity index is 2.07. The third-order valence-electron chi connectivity index (χ3n) is 2.93. The van der Waals surface area contributed by atoms with Gasteiger partial charge in [-0.25, -0.2) is 13.2 Å². The smallest absolute Gasteiger partial charge is 0.314 e. The van der Waals surface area contributed by atoms with E-state index in [1.165, 1.54) is 25.1 Å². The number of benzene rings is 2. The van der Waals surface area contributed by atoms with Gasteiger partial charge in [-0.2, -0.15) is 0 Å². The summed E-state index contributed by atoms with van der Waals surface area (Å²) < 4.78 is 39.4. The predicted molar refractivity (Wildman–Crippen MR) is 84.3 cm³/mol. The van der Waals surface area contributed by atoms with Crippen molar-refractivity contribution in [2.24, 2.45) is 0 Å². The zero-order valence-electron chi connectivity index (χ0n) is 12.8. The van der Waals surface area contributed by atoms with Gasteiger partial charge in [0.05, 0.1) is 5.69 Å². The van der Waals surface area contributed by atoms with Crippen LogP contribution in [0.1, 0.15) is 6.92 Å². The number of amides is 3. The molecule has 25 heavy (non-hydrogen) atoms. The molecule has 0 saturated carbocycles. The van der Waals surface area contributed by atoms with Crippen LogP contribution in [0.2, 0.25) is 0 Å². The maximum absolute atomic E-state index is 13.5. The van der Waals surface area contributed by atoms with Gasteiger partial charge in [-0.05, 0) is 30.3 Å². The molecule has 9 heteroatoms. The molecule has 0 unspecified atom stereocenters. The summed E-state index contributed by atoms with van der Waals surface area (Å²) in [4.78, 5) is 34.6. The minimum Gasteiger partial charge on any atom is -0.326 e. The predicted octanol–water partition coefficient (Wildman–Crippen LogP) is 2.64. The molecule has 0 fully saturated rings. The zero-order chi connectivity index (χ0) is 18.6. The molecule has 6 nitrogen and oxygen atoms in total. The summed E-state index contributed by atoms with van der Waals surface area (Å²) in [6.07, 6.45) is 0. The van der Waals surface area contributed by atoms with Crippen LogP contribution in [0.4, 0.5) is 30.2 Å². The first-order chi connectivity index (χ1) is 11.8. The van der Waals surface area contributed by atoms with Crippen LogP contribution in [0.25, 0.3) is 0 Å². The Kier molecular flexibility index (Phi) is 5.38. The molecule has 130 valence electrons. The van der Waals surface area contributed by atoms with Crippen LogP contribution in [-0.2, 0) is 14.4 Å². The quantitative estimate of drug-likeness (QED) is 0.587. The summed E-state index contributed by atoms with van der Waals surface area (Å²) in [7, 11) is 0. The van der Waals surface area contributed by atoms with E-state index in [0.717, 1.165) is 6.07 Å².